The first kappa shape index (κ1) is 34.7. The van der Waals surface area contributed by atoms with Crippen LogP contribution in [0.25, 0.3) is 0 Å². The molecule has 4 N–H and O–H groups in total. The minimum Gasteiger partial charge on any atom is -0.354 e. The summed E-state index contributed by atoms with van der Waals surface area (Å²) in [5.74, 6) is -2.81. The van der Waals surface area contributed by atoms with Crippen LogP contribution in [0.5, 0.6) is 0 Å². The van der Waals surface area contributed by atoms with Crippen molar-refractivity contribution in [1.82, 2.24) is 35.3 Å². The van der Waals surface area contributed by atoms with Gasteiger partial charge in [-0.1, -0.05) is 44.2 Å². The Bertz CT molecular complexity index is 1520. The zero-order chi connectivity index (χ0) is 33.3. The molecule has 2 aromatic rings. The summed E-state index contributed by atoms with van der Waals surface area (Å²) in [5, 5.41) is 10.9. The molecule has 1 aromatic carbocycles. The van der Waals surface area contributed by atoms with Gasteiger partial charge >= 0.3 is 5.69 Å². The number of carbonyl (C=O) groups excluding carboxylic acids is 5. The van der Waals surface area contributed by atoms with Crippen LogP contribution in [0.1, 0.15) is 56.1 Å². The Labute approximate surface area is 261 Å². The van der Waals surface area contributed by atoms with Gasteiger partial charge in [0.15, 0.2) is 0 Å². The van der Waals surface area contributed by atoms with Gasteiger partial charge in [-0.3, -0.25) is 37.9 Å². The molecule has 3 atom stereocenters. The zero-order valence-electron chi connectivity index (χ0n) is 26.4. The molecule has 1 aliphatic heterocycles. The molecule has 1 fully saturated rings. The molecule has 1 saturated heterocycles. The quantitative estimate of drug-likeness (QED) is 0.343. The number of hydrogen-bond acceptors (Lipinski definition) is 7. The van der Waals surface area contributed by atoms with E-state index in [9.17, 15) is 33.6 Å². The van der Waals surface area contributed by atoms with Crippen LogP contribution >= 0.6 is 0 Å². The minimum absolute atomic E-state index is 0.0271. The van der Waals surface area contributed by atoms with Gasteiger partial charge < -0.3 is 26.2 Å². The number of aromatic nitrogens is 2. The Morgan fingerprint density at radius 2 is 1.53 bits per heavy atom. The van der Waals surface area contributed by atoms with E-state index in [0.29, 0.717) is 6.42 Å². The number of benzene rings is 1. The van der Waals surface area contributed by atoms with E-state index in [4.69, 9.17) is 0 Å². The van der Waals surface area contributed by atoms with E-state index >= 15 is 0 Å². The molecule has 14 heteroatoms. The van der Waals surface area contributed by atoms with Crippen molar-refractivity contribution in [3.8, 4) is 0 Å². The third-order valence-electron chi connectivity index (χ3n) is 7.70. The van der Waals surface area contributed by atoms with Gasteiger partial charge in [0.2, 0.25) is 23.6 Å². The van der Waals surface area contributed by atoms with Gasteiger partial charge in [0.25, 0.3) is 11.5 Å². The molecule has 45 heavy (non-hydrogen) atoms. The number of rotatable bonds is 4. The minimum atomic E-state index is -0.994. The summed E-state index contributed by atoms with van der Waals surface area (Å²) in [6.07, 6.45) is 0.690. The maximum atomic E-state index is 13.5. The third-order valence-corrected chi connectivity index (χ3v) is 7.70. The average molecular weight is 626 g/mol. The van der Waals surface area contributed by atoms with Gasteiger partial charge in [-0.25, -0.2) is 4.79 Å². The van der Waals surface area contributed by atoms with Crippen LogP contribution in [0.4, 0.5) is 0 Å². The maximum Gasteiger partial charge on any atom is 0.331 e. The molecule has 0 saturated carbocycles. The lowest BCUT2D eigenvalue weighted by atomic mass is 10.0. The molecule has 244 valence electrons. The normalized spacial score (nSPS) is 21.2. The van der Waals surface area contributed by atoms with Crippen molar-refractivity contribution >= 4 is 29.5 Å². The standard InChI is InChI=1S/C31H43N7O7/c1-19(2)26-29(43)32-14-10-16-38(30(44)23-18-25(40)37(5)31(45)36(23)4)15-9-13-24(39)34-22(17-21-11-7-6-8-12-21)28(42)33-20(3)27(41)35-26/h6-8,11-12,18-20,22,26H,9-10,13-17H2,1-5H3,(H,32,43)(H,33,42)(H,34,39)(H,35,41)/t20-,22+,26-/m1/s1. The summed E-state index contributed by atoms with van der Waals surface area (Å²) in [5.41, 5.74) is -0.592. The second kappa shape index (κ2) is 15.8. The molecule has 14 nitrogen and oxygen atoms in total. The Balaban J connectivity index is 1.89. The van der Waals surface area contributed by atoms with E-state index in [1.165, 1.54) is 25.9 Å². The lowest BCUT2D eigenvalue weighted by molar-refractivity contribution is -0.134. The van der Waals surface area contributed by atoms with Gasteiger partial charge in [-0.05, 0) is 31.2 Å². The Kier molecular flexibility index (Phi) is 12.2. The fourth-order valence-electron chi connectivity index (χ4n) is 4.96. The SMILES string of the molecule is CC(C)[C@H]1NC(=O)[C@@H](C)NC(=O)[C@H](Cc2ccccc2)NC(=O)CCCN(C(=O)c2cc(=O)n(C)c(=O)n2C)CCCNC1=O. The van der Waals surface area contributed by atoms with E-state index in [0.717, 1.165) is 20.8 Å². The topological polar surface area (TPSA) is 181 Å². The van der Waals surface area contributed by atoms with Crippen molar-refractivity contribution in [1.29, 1.82) is 0 Å². The maximum absolute atomic E-state index is 13.5. The van der Waals surface area contributed by atoms with Crippen molar-refractivity contribution in [3.05, 3.63) is 68.5 Å². The third kappa shape index (κ3) is 9.37. The number of nitrogens with zero attached hydrogens (tertiary/aromatic N) is 3. The first-order chi connectivity index (χ1) is 21.3. The highest BCUT2D eigenvalue weighted by Crippen LogP contribution is 2.09. The smallest absolute Gasteiger partial charge is 0.331 e. The van der Waals surface area contributed by atoms with Crippen LogP contribution in [0, 0.1) is 5.92 Å². The summed E-state index contributed by atoms with van der Waals surface area (Å²) < 4.78 is 1.98. The van der Waals surface area contributed by atoms with Gasteiger partial charge in [-0.2, -0.15) is 0 Å². The highest BCUT2D eigenvalue weighted by atomic mass is 16.2. The van der Waals surface area contributed by atoms with E-state index in [1.54, 1.807) is 13.8 Å². The molecule has 0 spiro atoms. The van der Waals surface area contributed by atoms with Crippen molar-refractivity contribution in [2.45, 2.75) is 64.6 Å². The fourth-order valence-corrected chi connectivity index (χ4v) is 4.96. The molecular formula is C31H43N7O7. The summed E-state index contributed by atoms with van der Waals surface area (Å²) in [4.78, 5) is 92.1. The van der Waals surface area contributed by atoms with Crippen LogP contribution in [0.15, 0.2) is 46.0 Å². The highest BCUT2D eigenvalue weighted by molar-refractivity contribution is 5.94. The van der Waals surface area contributed by atoms with Crippen LogP contribution in [0.2, 0.25) is 0 Å². The first-order valence-electron chi connectivity index (χ1n) is 15.1. The molecule has 0 bridgehead atoms. The summed E-state index contributed by atoms with van der Waals surface area (Å²) in [6, 6.07) is 7.33. The van der Waals surface area contributed by atoms with Crippen LogP contribution < -0.4 is 32.5 Å². The van der Waals surface area contributed by atoms with Crippen LogP contribution in [-0.4, -0.2) is 81.3 Å². The molecule has 1 aliphatic rings. The van der Waals surface area contributed by atoms with Crippen LogP contribution in [-0.2, 0) is 39.7 Å². The summed E-state index contributed by atoms with van der Waals surface area (Å²) in [7, 11) is 2.71. The van der Waals surface area contributed by atoms with Gasteiger partial charge in [0.1, 0.15) is 23.8 Å². The molecule has 0 radical (unpaired) electrons. The monoisotopic (exact) mass is 625 g/mol. The Morgan fingerprint density at radius 1 is 0.867 bits per heavy atom. The number of amides is 5. The van der Waals surface area contributed by atoms with Gasteiger partial charge in [0.05, 0.1) is 0 Å². The molecule has 2 heterocycles. The Morgan fingerprint density at radius 3 is 2.20 bits per heavy atom. The molecule has 5 amide bonds. The predicted molar refractivity (Wildman–Crippen MR) is 166 cm³/mol. The second-order valence-electron chi connectivity index (χ2n) is 11.6. The average Bonchev–Trinajstić information content (AvgIpc) is 3.00. The molecule has 1 aromatic heterocycles. The number of hydrogen-bond donors (Lipinski definition) is 4. The first-order valence-corrected chi connectivity index (χ1v) is 15.1. The lowest BCUT2D eigenvalue weighted by Gasteiger charge is -2.27. The van der Waals surface area contributed by atoms with Crippen LogP contribution in [0.3, 0.4) is 0 Å². The summed E-state index contributed by atoms with van der Waals surface area (Å²) in [6.45, 7) is 5.50. The van der Waals surface area contributed by atoms with Crippen molar-refractivity contribution < 1.29 is 24.0 Å². The van der Waals surface area contributed by atoms with E-state index in [-0.39, 0.29) is 50.5 Å². The van der Waals surface area contributed by atoms with Gasteiger partial charge in [0, 0.05) is 52.6 Å². The van der Waals surface area contributed by atoms with Crippen molar-refractivity contribution in [2.75, 3.05) is 19.6 Å². The van der Waals surface area contributed by atoms with E-state index < -0.39 is 58.9 Å². The molecule has 0 unspecified atom stereocenters. The van der Waals surface area contributed by atoms with E-state index in [2.05, 4.69) is 21.3 Å². The Hall–Kier alpha value is -4.75. The highest BCUT2D eigenvalue weighted by Gasteiger charge is 2.29. The van der Waals surface area contributed by atoms with Crippen molar-refractivity contribution in [2.24, 2.45) is 20.0 Å². The largest absolute Gasteiger partial charge is 0.354 e. The molecule has 0 aliphatic carbocycles. The zero-order valence-corrected chi connectivity index (χ0v) is 26.4. The molecule has 3 rings (SSSR count). The lowest BCUT2D eigenvalue weighted by Crippen LogP contribution is -2.57. The van der Waals surface area contributed by atoms with Gasteiger partial charge in [-0.15, -0.1) is 0 Å². The molecular weight excluding hydrogens is 582 g/mol. The second-order valence-corrected chi connectivity index (χ2v) is 11.6. The summed E-state index contributed by atoms with van der Waals surface area (Å²) >= 11 is 0. The number of carbonyl (C=O) groups is 5. The van der Waals surface area contributed by atoms with E-state index in [1.807, 2.05) is 30.3 Å². The fraction of sp³-hybridized carbons (Fsp3) is 0.516. The van der Waals surface area contributed by atoms with Crippen molar-refractivity contribution in [3.63, 3.8) is 0 Å². The predicted octanol–water partition coefficient (Wildman–Crippen LogP) is -0.801. The number of nitrogens with one attached hydrogen (secondary N) is 4.